The number of rotatable bonds is 8. The van der Waals surface area contributed by atoms with Crippen molar-refractivity contribution in [2.45, 2.75) is 47.0 Å². The molecule has 44 heavy (non-hydrogen) atoms. The Hall–Kier alpha value is -5.16. The van der Waals surface area contributed by atoms with Gasteiger partial charge in [-0.25, -0.2) is 9.67 Å². The smallest absolute Gasteiger partial charge is 0.137 e. The molecule has 0 saturated heterocycles. The van der Waals surface area contributed by atoms with Crippen molar-refractivity contribution in [3.8, 4) is 34.1 Å². The van der Waals surface area contributed by atoms with Gasteiger partial charge in [0.15, 0.2) is 0 Å². The van der Waals surface area contributed by atoms with Crippen molar-refractivity contribution >= 4 is 21.8 Å². The molecule has 3 aromatic heterocycles. The Morgan fingerprint density at radius 3 is 2.45 bits per heavy atom. The van der Waals surface area contributed by atoms with Crippen molar-refractivity contribution < 1.29 is 6.11 Å². The SMILES string of the molecule is [2H]c1ccc2c(c1)c1ccc(Oc3cc(CCCC)cc(-n4nc(C)c(-c5ccccc5)c4C)c3)cc1n2-c1cc(C)ccn1. The fourth-order valence-corrected chi connectivity index (χ4v) is 6.24. The van der Waals surface area contributed by atoms with Gasteiger partial charge in [-0.15, -0.1) is 0 Å². The van der Waals surface area contributed by atoms with Gasteiger partial charge in [-0.3, -0.25) is 4.57 Å². The second-order valence-electron chi connectivity index (χ2n) is 11.5. The van der Waals surface area contributed by atoms with Crippen molar-refractivity contribution in [3.05, 3.63) is 132 Å². The van der Waals surface area contributed by atoms with Crippen LogP contribution >= 0.6 is 0 Å². The minimum atomic E-state index is 0.482. The summed E-state index contributed by atoms with van der Waals surface area (Å²) in [5, 5.41) is 7.07. The summed E-state index contributed by atoms with van der Waals surface area (Å²) in [6, 6.07) is 33.4. The quantitative estimate of drug-likeness (QED) is 0.180. The number of ether oxygens (including phenoxy) is 1. The first-order valence-corrected chi connectivity index (χ1v) is 15.3. The molecule has 7 rings (SSSR count). The van der Waals surface area contributed by atoms with E-state index in [9.17, 15) is 0 Å². The van der Waals surface area contributed by atoms with E-state index in [1.807, 2.05) is 47.3 Å². The topological polar surface area (TPSA) is 44.9 Å². The van der Waals surface area contributed by atoms with Gasteiger partial charge < -0.3 is 4.74 Å². The zero-order valence-corrected chi connectivity index (χ0v) is 25.6. The highest BCUT2D eigenvalue weighted by atomic mass is 16.5. The molecule has 0 bridgehead atoms. The van der Waals surface area contributed by atoms with E-state index >= 15 is 0 Å². The molecule has 218 valence electrons. The number of hydrogen-bond donors (Lipinski definition) is 0. The number of fused-ring (bicyclic) bond motifs is 3. The summed E-state index contributed by atoms with van der Waals surface area (Å²) in [5.41, 5.74) is 9.78. The Morgan fingerprint density at radius 1 is 0.795 bits per heavy atom. The van der Waals surface area contributed by atoms with Crippen LogP contribution in [0.2, 0.25) is 0 Å². The predicted molar refractivity (Wildman–Crippen MR) is 180 cm³/mol. The summed E-state index contributed by atoms with van der Waals surface area (Å²) >= 11 is 0. The number of aryl methyl sites for hydroxylation is 3. The molecule has 0 unspecified atom stereocenters. The molecular formula is C39H36N4O. The Bertz CT molecular complexity index is 2180. The summed E-state index contributed by atoms with van der Waals surface area (Å²) < 4.78 is 19.1. The molecule has 0 atom stereocenters. The average molecular weight is 578 g/mol. The summed E-state index contributed by atoms with van der Waals surface area (Å²) in [6.45, 7) is 8.50. The number of aromatic nitrogens is 4. The molecular weight excluding hydrogens is 540 g/mol. The minimum Gasteiger partial charge on any atom is -0.457 e. The Labute approximate surface area is 259 Å². The monoisotopic (exact) mass is 577 g/mol. The second kappa shape index (κ2) is 11.5. The highest BCUT2D eigenvalue weighted by Crippen LogP contribution is 2.36. The maximum Gasteiger partial charge on any atom is 0.137 e. The van der Waals surface area contributed by atoms with Gasteiger partial charge in [0, 0.05) is 40.4 Å². The molecule has 4 aromatic carbocycles. The van der Waals surface area contributed by atoms with E-state index in [4.69, 9.17) is 16.2 Å². The molecule has 3 heterocycles. The van der Waals surface area contributed by atoms with Crippen molar-refractivity contribution in [1.29, 1.82) is 0 Å². The second-order valence-corrected chi connectivity index (χ2v) is 11.5. The molecule has 0 aliphatic carbocycles. The van der Waals surface area contributed by atoms with Crippen LogP contribution in [0.1, 0.15) is 43.7 Å². The maximum absolute atomic E-state index is 8.27. The van der Waals surface area contributed by atoms with E-state index in [2.05, 4.69) is 92.9 Å². The Morgan fingerprint density at radius 2 is 1.64 bits per heavy atom. The van der Waals surface area contributed by atoms with Gasteiger partial charge in [-0.2, -0.15) is 5.10 Å². The number of hydrogen-bond acceptors (Lipinski definition) is 3. The van der Waals surface area contributed by atoms with Crippen LogP contribution < -0.4 is 4.74 Å². The molecule has 0 N–H and O–H groups in total. The van der Waals surface area contributed by atoms with Crippen LogP contribution in [0.3, 0.4) is 0 Å². The highest BCUT2D eigenvalue weighted by Gasteiger charge is 2.17. The maximum atomic E-state index is 8.27. The van der Waals surface area contributed by atoms with Crippen LogP contribution in [0.25, 0.3) is 44.4 Å². The van der Waals surface area contributed by atoms with Crippen molar-refractivity contribution in [1.82, 2.24) is 19.3 Å². The lowest BCUT2D eigenvalue weighted by molar-refractivity contribution is 0.482. The normalized spacial score (nSPS) is 11.8. The van der Waals surface area contributed by atoms with Crippen LogP contribution in [0, 0.1) is 20.8 Å². The van der Waals surface area contributed by atoms with E-state index in [1.54, 1.807) is 0 Å². The number of unbranched alkanes of at least 4 members (excludes halogenated alkanes) is 1. The van der Waals surface area contributed by atoms with Crippen LogP contribution in [0.5, 0.6) is 11.5 Å². The van der Waals surface area contributed by atoms with E-state index in [0.29, 0.717) is 6.04 Å². The zero-order chi connectivity index (χ0) is 31.1. The largest absolute Gasteiger partial charge is 0.457 e. The van der Waals surface area contributed by atoms with Gasteiger partial charge in [0.1, 0.15) is 17.3 Å². The number of para-hydroxylation sites is 1. The van der Waals surface area contributed by atoms with Gasteiger partial charge in [0.2, 0.25) is 0 Å². The summed E-state index contributed by atoms with van der Waals surface area (Å²) in [5.74, 6) is 2.35. The average Bonchev–Trinajstić information content (AvgIpc) is 3.52. The van der Waals surface area contributed by atoms with Gasteiger partial charge in [0.05, 0.1) is 23.8 Å². The fourth-order valence-electron chi connectivity index (χ4n) is 6.24. The molecule has 0 spiro atoms. The number of nitrogens with zero attached hydrogens (tertiary/aromatic N) is 4. The number of benzene rings is 4. The Kier molecular flexibility index (Phi) is 6.91. The standard InChI is InChI=1S/C39H36N4O/c1-5-6-12-29-22-31(43-28(4)39(27(3)41-43)30-13-8-7-9-14-30)24-33(23-29)44-32-17-18-35-34-15-10-11-16-36(34)42(37(35)25-32)38-21-26(2)19-20-40-38/h7-11,13-25H,5-6,12H2,1-4H3/i10D. The molecule has 0 saturated carbocycles. The summed E-state index contributed by atoms with van der Waals surface area (Å²) in [7, 11) is 0. The van der Waals surface area contributed by atoms with Crippen molar-refractivity contribution in [2.75, 3.05) is 0 Å². The molecule has 7 aromatic rings. The van der Waals surface area contributed by atoms with Crippen LogP contribution in [-0.2, 0) is 6.42 Å². The minimum absolute atomic E-state index is 0.482. The van der Waals surface area contributed by atoms with E-state index in [0.717, 1.165) is 86.6 Å². The predicted octanol–water partition coefficient (Wildman–Crippen LogP) is 10.1. The first-order chi connectivity index (χ1) is 21.9. The molecule has 0 aliphatic rings. The van der Waals surface area contributed by atoms with Crippen molar-refractivity contribution in [2.24, 2.45) is 0 Å². The van der Waals surface area contributed by atoms with Crippen molar-refractivity contribution in [3.63, 3.8) is 0 Å². The summed E-state index contributed by atoms with van der Waals surface area (Å²) in [6.07, 6.45) is 5.02. The lowest BCUT2D eigenvalue weighted by atomic mass is 10.0. The molecule has 0 amide bonds. The number of pyridine rings is 1. The molecule has 0 fully saturated rings. The lowest BCUT2D eigenvalue weighted by Crippen LogP contribution is -2.02. The first kappa shape index (κ1) is 26.5. The van der Waals surface area contributed by atoms with Gasteiger partial charge >= 0.3 is 0 Å². The van der Waals surface area contributed by atoms with E-state index in [-0.39, 0.29) is 0 Å². The van der Waals surface area contributed by atoms with E-state index < -0.39 is 0 Å². The Balaban J connectivity index is 1.34. The van der Waals surface area contributed by atoms with Gasteiger partial charge in [-0.1, -0.05) is 61.9 Å². The zero-order valence-electron chi connectivity index (χ0n) is 26.6. The van der Waals surface area contributed by atoms with E-state index in [1.165, 1.54) is 11.1 Å². The van der Waals surface area contributed by atoms with Crippen LogP contribution in [0.15, 0.2) is 109 Å². The molecule has 5 heteroatoms. The third kappa shape index (κ3) is 5.05. The molecule has 0 aliphatic heterocycles. The molecule has 0 radical (unpaired) electrons. The highest BCUT2D eigenvalue weighted by molar-refractivity contribution is 6.09. The van der Waals surface area contributed by atoms with Crippen LogP contribution in [0.4, 0.5) is 0 Å². The first-order valence-electron chi connectivity index (χ1n) is 15.8. The third-order valence-electron chi connectivity index (χ3n) is 8.32. The van der Waals surface area contributed by atoms with Crippen LogP contribution in [-0.4, -0.2) is 19.3 Å². The van der Waals surface area contributed by atoms with Gasteiger partial charge in [0.25, 0.3) is 0 Å². The fraction of sp³-hybridized carbons (Fsp3) is 0.179. The molecule has 5 nitrogen and oxygen atoms in total. The third-order valence-corrected chi connectivity index (χ3v) is 8.32. The lowest BCUT2D eigenvalue weighted by Gasteiger charge is -2.13. The van der Waals surface area contributed by atoms with Gasteiger partial charge in [-0.05, 0) is 92.8 Å². The summed E-state index contributed by atoms with van der Waals surface area (Å²) in [4.78, 5) is 4.71.